The first-order valence-corrected chi connectivity index (χ1v) is 11.5. The van der Waals surface area contributed by atoms with E-state index in [4.69, 9.17) is 9.47 Å². The monoisotopic (exact) mass is 476 g/mol. The Morgan fingerprint density at radius 2 is 1.89 bits per heavy atom. The Kier molecular flexibility index (Phi) is 7.36. The van der Waals surface area contributed by atoms with Crippen molar-refractivity contribution in [2.75, 3.05) is 13.7 Å². The van der Waals surface area contributed by atoms with Crippen molar-refractivity contribution >= 4 is 16.8 Å². The van der Waals surface area contributed by atoms with Crippen LogP contribution >= 0.6 is 0 Å². The zero-order valence-electron chi connectivity index (χ0n) is 20.0. The van der Waals surface area contributed by atoms with E-state index < -0.39 is 6.04 Å². The fourth-order valence-corrected chi connectivity index (χ4v) is 4.12. The molecule has 0 aliphatic rings. The second-order valence-corrected chi connectivity index (χ2v) is 8.64. The highest BCUT2D eigenvalue weighted by Gasteiger charge is 2.21. The summed E-state index contributed by atoms with van der Waals surface area (Å²) in [5, 5.41) is 13.7. The third-order valence-electron chi connectivity index (χ3n) is 5.76. The number of para-hydroxylation sites is 1. The number of halogens is 1. The van der Waals surface area contributed by atoms with E-state index in [0.717, 1.165) is 27.6 Å². The second kappa shape index (κ2) is 10.6. The van der Waals surface area contributed by atoms with Crippen LogP contribution in [-0.2, 0) is 6.42 Å². The average Bonchev–Trinajstić information content (AvgIpc) is 3.25. The van der Waals surface area contributed by atoms with Gasteiger partial charge in [0.05, 0.1) is 31.4 Å². The van der Waals surface area contributed by atoms with Gasteiger partial charge in [-0.05, 0) is 67.8 Å². The van der Waals surface area contributed by atoms with Gasteiger partial charge in [0.25, 0.3) is 5.91 Å². The van der Waals surface area contributed by atoms with Gasteiger partial charge in [0, 0.05) is 22.7 Å². The number of ether oxygens (including phenoxy) is 2. The van der Waals surface area contributed by atoms with Crippen LogP contribution in [0.25, 0.3) is 22.0 Å². The minimum absolute atomic E-state index is 0.131. The summed E-state index contributed by atoms with van der Waals surface area (Å²) in [5.41, 5.74) is 3.60. The van der Waals surface area contributed by atoms with Gasteiger partial charge in [-0.25, -0.2) is 4.39 Å². The third kappa shape index (κ3) is 5.46. The Bertz CT molecular complexity index is 1330. The van der Waals surface area contributed by atoms with E-state index in [0.29, 0.717) is 23.5 Å². The van der Waals surface area contributed by atoms with Crippen LogP contribution in [0.5, 0.6) is 11.5 Å². The number of hydrogen-bond acceptors (Lipinski definition) is 4. The lowest BCUT2D eigenvalue weighted by molar-refractivity contribution is 0.0910. The second-order valence-electron chi connectivity index (χ2n) is 8.64. The molecular weight excluding hydrogens is 447 g/mol. The third-order valence-corrected chi connectivity index (χ3v) is 5.76. The molecule has 6 nitrogen and oxygen atoms in total. The van der Waals surface area contributed by atoms with Crippen molar-refractivity contribution in [3.8, 4) is 22.6 Å². The molecule has 1 unspecified atom stereocenters. The van der Waals surface area contributed by atoms with E-state index in [1.54, 1.807) is 31.5 Å². The summed E-state index contributed by atoms with van der Waals surface area (Å²) in [6, 6.07) is 16.9. The fourth-order valence-electron chi connectivity index (χ4n) is 4.12. The van der Waals surface area contributed by atoms with Crippen LogP contribution in [0.4, 0.5) is 4.39 Å². The number of aliphatic hydroxyl groups is 1. The van der Waals surface area contributed by atoms with Crippen molar-refractivity contribution in [1.82, 2.24) is 10.3 Å². The minimum Gasteiger partial charge on any atom is -0.496 e. The number of aromatic nitrogens is 1. The summed E-state index contributed by atoms with van der Waals surface area (Å²) in [6.45, 7) is 3.51. The molecule has 182 valence electrons. The normalized spacial score (nSPS) is 12.1. The molecule has 0 radical (unpaired) electrons. The van der Waals surface area contributed by atoms with Crippen molar-refractivity contribution in [2.45, 2.75) is 32.4 Å². The Morgan fingerprint density at radius 3 is 2.63 bits per heavy atom. The maximum Gasteiger partial charge on any atom is 0.255 e. The molecule has 7 heteroatoms. The maximum atomic E-state index is 13.8. The van der Waals surface area contributed by atoms with Crippen LogP contribution in [0, 0.1) is 5.82 Å². The van der Waals surface area contributed by atoms with Crippen molar-refractivity contribution < 1.29 is 23.8 Å². The number of fused-ring (bicyclic) bond motifs is 1. The van der Waals surface area contributed by atoms with Crippen molar-refractivity contribution in [3.63, 3.8) is 0 Å². The SMILES string of the molecule is COc1ccccc1-c1ccc(OC(C)C)c(C(=O)NC(CO)Cc2c[nH]c3ccc(F)cc23)c1. The number of aromatic amines is 1. The number of nitrogens with one attached hydrogen (secondary N) is 2. The number of hydrogen-bond donors (Lipinski definition) is 3. The van der Waals surface area contributed by atoms with Gasteiger partial charge in [0.15, 0.2) is 0 Å². The first-order valence-electron chi connectivity index (χ1n) is 11.5. The maximum absolute atomic E-state index is 13.8. The molecule has 4 rings (SSSR count). The molecule has 0 saturated heterocycles. The summed E-state index contributed by atoms with van der Waals surface area (Å²) < 4.78 is 25.2. The van der Waals surface area contributed by atoms with E-state index in [2.05, 4.69) is 10.3 Å². The molecule has 0 aliphatic carbocycles. The lowest BCUT2D eigenvalue weighted by Gasteiger charge is -2.20. The van der Waals surface area contributed by atoms with E-state index >= 15 is 0 Å². The summed E-state index contributed by atoms with van der Waals surface area (Å²) in [5.74, 6) is 0.423. The first kappa shape index (κ1) is 24.3. The van der Waals surface area contributed by atoms with Crippen LogP contribution in [0.1, 0.15) is 29.8 Å². The molecule has 0 spiro atoms. The van der Waals surface area contributed by atoms with Gasteiger partial charge in [-0.1, -0.05) is 24.3 Å². The summed E-state index contributed by atoms with van der Waals surface area (Å²) in [7, 11) is 1.60. The molecule has 0 fully saturated rings. The highest BCUT2D eigenvalue weighted by molar-refractivity contribution is 5.98. The van der Waals surface area contributed by atoms with Crippen molar-refractivity contribution in [2.24, 2.45) is 0 Å². The van der Waals surface area contributed by atoms with Gasteiger partial charge in [-0.3, -0.25) is 4.79 Å². The van der Waals surface area contributed by atoms with Gasteiger partial charge in [-0.15, -0.1) is 0 Å². The molecule has 35 heavy (non-hydrogen) atoms. The number of carbonyl (C=O) groups excluding carboxylic acids is 1. The molecule has 1 heterocycles. The van der Waals surface area contributed by atoms with Crippen LogP contribution in [0.2, 0.25) is 0 Å². The number of methoxy groups -OCH3 is 1. The van der Waals surface area contributed by atoms with Gasteiger partial charge in [0.1, 0.15) is 17.3 Å². The number of benzene rings is 3. The predicted octanol–water partition coefficient (Wildman–Crippen LogP) is 5.10. The van der Waals surface area contributed by atoms with E-state index in [1.165, 1.54) is 12.1 Å². The zero-order chi connectivity index (χ0) is 24.9. The fraction of sp³-hybridized carbons (Fsp3) is 0.250. The lowest BCUT2D eigenvalue weighted by Crippen LogP contribution is -2.39. The highest BCUT2D eigenvalue weighted by Crippen LogP contribution is 2.33. The quantitative estimate of drug-likeness (QED) is 0.314. The molecule has 3 N–H and O–H groups in total. The zero-order valence-corrected chi connectivity index (χ0v) is 20.0. The summed E-state index contributed by atoms with van der Waals surface area (Å²) in [6.07, 6.45) is 1.97. The Labute approximate surface area is 203 Å². The predicted molar refractivity (Wildman–Crippen MR) is 134 cm³/mol. The van der Waals surface area contributed by atoms with Gasteiger partial charge in [0.2, 0.25) is 0 Å². The van der Waals surface area contributed by atoms with Crippen LogP contribution in [0.3, 0.4) is 0 Å². The van der Waals surface area contributed by atoms with Gasteiger partial charge in [-0.2, -0.15) is 0 Å². The van der Waals surface area contributed by atoms with Gasteiger partial charge < -0.3 is 24.9 Å². The Morgan fingerprint density at radius 1 is 1.09 bits per heavy atom. The topological polar surface area (TPSA) is 83.6 Å². The van der Waals surface area contributed by atoms with Crippen molar-refractivity contribution in [1.29, 1.82) is 0 Å². The van der Waals surface area contributed by atoms with E-state index in [1.807, 2.05) is 44.2 Å². The molecule has 4 aromatic rings. The van der Waals surface area contributed by atoms with Crippen LogP contribution in [-0.4, -0.2) is 41.9 Å². The van der Waals surface area contributed by atoms with Crippen LogP contribution < -0.4 is 14.8 Å². The van der Waals surface area contributed by atoms with Gasteiger partial charge >= 0.3 is 0 Å². The molecule has 0 aliphatic heterocycles. The molecule has 1 aromatic heterocycles. The number of rotatable bonds is 9. The van der Waals surface area contributed by atoms with E-state index in [9.17, 15) is 14.3 Å². The smallest absolute Gasteiger partial charge is 0.255 e. The molecule has 0 bridgehead atoms. The average molecular weight is 477 g/mol. The minimum atomic E-state index is -0.577. The van der Waals surface area contributed by atoms with Crippen molar-refractivity contribution in [3.05, 3.63) is 83.8 Å². The standard InChI is InChI=1S/C28H29FN2O4/c1-17(2)35-27-11-8-18(22-6-4-5-7-26(22)34-3)13-24(27)28(33)31-21(16-32)12-19-15-30-25-10-9-20(29)14-23(19)25/h4-11,13-15,17,21,30,32H,12,16H2,1-3H3,(H,31,33). The molecule has 1 atom stereocenters. The number of carbonyl (C=O) groups is 1. The number of aliphatic hydroxyl groups excluding tert-OH is 1. The largest absolute Gasteiger partial charge is 0.496 e. The molecule has 1 amide bonds. The number of amides is 1. The molecule has 3 aromatic carbocycles. The molecule has 0 saturated carbocycles. The molecular formula is C28H29FN2O4. The Balaban J connectivity index is 1.63. The lowest BCUT2D eigenvalue weighted by atomic mass is 10.00. The highest BCUT2D eigenvalue weighted by atomic mass is 19.1. The first-order chi connectivity index (χ1) is 16.9. The Hall–Kier alpha value is -3.84. The van der Waals surface area contributed by atoms with E-state index in [-0.39, 0.29) is 24.4 Å². The number of H-pyrrole nitrogens is 1. The summed E-state index contributed by atoms with van der Waals surface area (Å²) >= 11 is 0. The summed E-state index contributed by atoms with van der Waals surface area (Å²) in [4.78, 5) is 16.5. The van der Waals surface area contributed by atoms with Crippen LogP contribution in [0.15, 0.2) is 66.9 Å².